The number of hydrogen-bond donors (Lipinski definition) is 2. The average molecular weight is 201 g/mol. The minimum absolute atomic E-state index is 0.172. The molecule has 0 saturated heterocycles. The predicted octanol–water partition coefficient (Wildman–Crippen LogP) is -0.397. The minimum Gasteiger partial charge on any atom is -0.382 e. The van der Waals surface area contributed by atoms with Crippen molar-refractivity contribution >= 4 is 16.5 Å². The van der Waals surface area contributed by atoms with Gasteiger partial charge in [0.1, 0.15) is 16.5 Å². The maximum Gasteiger partial charge on any atom is 0.145 e. The molecule has 1 aromatic heterocycles. The molecule has 72 valence electrons. The van der Waals surface area contributed by atoms with E-state index in [4.69, 9.17) is 5.73 Å². The molecule has 1 rings (SSSR count). The summed E-state index contributed by atoms with van der Waals surface area (Å²) in [5.74, 6) is 0.550. The van der Waals surface area contributed by atoms with Crippen LogP contribution < -0.4 is 5.73 Å². The van der Waals surface area contributed by atoms with Crippen LogP contribution >= 0.6 is 0 Å². The van der Waals surface area contributed by atoms with Crippen LogP contribution in [0.4, 0.5) is 5.82 Å². The van der Waals surface area contributed by atoms with E-state index in [1.54, 1.807) is 6.20 Å². The molecule has 0 aliphatic heterocycles. The van der Waals surface area contributed by atoms with Gasteiger partial charge in [0.05, 0.1) is 5.69 Å². The third-order valence-corrected chi connectivity index (χ3v) is 2.24. The number of anilines is 1. The predicted molar refractivity (Wildman–Crippen MR) is 49.9 cm³/mol. The Hall–Kier alpha value is -1.17. The number of thiol groups is 1. The Balaban J connectivity index is 2.50. The third kappa shape index (κ3) is 3.37. The number of nitrogen functional groups attached to an aromatic ring is 1. The van der Waals surface area contributed by atoms with Crippen molar-refractivity contribution in [3.63, 3.8) is 0 Å². The van der Waals surface area contributed by atoms with Gasteiger partial charge in [-0.05, 0) is 12.8 Å². The van der Waals surface area contributed by atoms with Crippen LogP contribution in [0.3, 0.4) is 0 Å². The first-order valence-electron chi connectivity index (χ1n) is 3.87. The van der Waals surface area contributed by atoms with E-state index < -0.39 is 10.7 Å². The first-order valence-corrected chi connectivity index (χ1v) is 5.23. The van der Waals surface area contributed by atoms with Gasteiger partial charge in [-0.25, -0.2) is 13.4 Å². The zero-order valence-corrected chi connectivity index (χ0v) is 7.91. The molecular weight excluding hydrogens is 190 g/mol. The van der Waals surface area contributed by atoms with Crippen LogP contribution in [0.25, 0.3) is 0 Å². The van der Waals surface area contributed by atoms with Crippen molar-refractivity contribution in [1.29, 1.82) is 0 Å². The van der Waals surface area contributed by atoms with Crippen LogP contribution in [0.2, 0.25) is 0 Å². The molecule has 0 amide bonds. The topological polar surface area (TPSA) is 85.9 Å². The molecule has 0 bridgehead atoms. The third-order valence-electron chi connectivity index (χ3n) is 1.56. The van der Waals surface area contributed by atoms with Gasteiger partial charge in [0.15, 0.2) is 0 Å². The first-order chi connectivity index (χ1) is 6.20. The Labute approximate surface area is 78.0 Å². The van der Waals surface area contributed by atoms with Crippen molar-refractivity contribution in [3.05, 3.63) is 18.1 Å². The van der Waals surface area contributed by atoms with Crippen LogP contribution in [0.15, 0.2) is 12.4 Å². The molecule has 6 heteroatoms. The Morgan fingerprint density at radius 3 is 2.62 bits per heavy atom. The van der Waals surface area contributed by atoms with Gasteiger partial charge in [0.2, 0.25) is 0 Å². The second-order valence-electron chi connectivity index (χ2n) is 2.55. The summed E-state index contributed by atoms with van der Waals surface area (Å²) < 4.78 is 20.5. The van der Waals surface area contributed by atoms with Gasteiger partial charge in [-0.1, -0.05) is 0 Å². The highest BCUT2D eigenvalue weighted by Crippen LogP contribution is 2.05. The summed E-state index contributed by atoms with van der Waals surface area (Å²) in [5, 5.41) is 0. The van der Waals surface area contributed by atoms with E-state index in [1.165, 1.54) is 6.20 Å². The summed E-state index contributed by atoms with van der Waals surface area (Å²) in [6, 6.07) is 0. The number of hydrogen-bond acceptors (Lipinski definition) is 5. The van der Waals surface area contributed by atoms with E-state index in [0.717, 1.165) is 0 Å². The lowest BCUT2D eigenvalue weighted by Crippen LogP contribution is -2.01. The maximum atomic E-state index is 10.2. The minimum atomic E-state index is -2.30. The highest BCUT2D eigenvalue weighted by molar-refractivity contribution is 7.72. The molecular formula is C7H11N3O2S. The number of rotatable bonds is 4. The first kappa shape index (κ1) is 9.91. The van der Waals surface area contributed by atoms with Crippen LogP contribution in [0, 0.1) is 0 Å². The van der Waals surface area contributed by atoms with Crippen LogP contribution in [-0.4, -0.2) is 24.1 Å². The molecule has 0 unspecified atom stereocenters. The number of nitrogens with zero attached hydrogens (tertiary/aromatic N) is 2. The molecule has 0 saturated carbocycles. The molecule has 0 aliphatic carbocycles. The zero-order chi connectivity index (χ0) is 9.68. The molecule has 0 spiro atoms. The van der Waals surface area contributed by atoms with E-state index in [-0.39, 0.29) is 5.75 Å². The Morgan fingerprint density at radius 1 is 1.31 bits per heavy atom. The maximum absolute atomic E-state index is 10.2. The van der Waals surface area contributed by atoms with Gasteiger partial charge >= 0.3 is 0 Å². The second-order valence-corrected chi connectivity index (χ2v) is 3.66. The van der Waals surface area contributed by atoms with E-state index in [0.29, 0.717) is 24.4 Å². The SMILES string of the molecule is Nc1nccnc1CCC[SH](=O)=O. The number of aryl methyl sites for hydroxylation is 1. The standard InChI is InChI=1S/C7H11N3O2S/c8-7-6(9-3-4-10-7)2-1-5-13(11)12/h3-4,13H,1-2,5H2,(H2,8,10). The van der Waals surface area contributed by atoms with Crippen molar-refractivity contribution in [2.24, 2.45) is 0 Å². The monoisotopic (exact) mass is 201 g/mol. The molecule has 0 atom stereocenters. The molecule has 1 heterocycles. The van der Waals surface area contributed by atoms with E-state index in [9.17, 15) is 8.42 Å². The lowest BCUT2D eigenvalue weighted by molar-refractivity contribution is 0.611. The van der Waals surface area contributed by atoms with Crippen molar-refractivity contribution in [2.45, 2.75) is 12.8 Å². The molecule has 0 aliphatic rings. The molecule has 13 heavy (non-hydrogen) atoms. The van der Waals surface area contributed by atoms with Gasteiger partial charge in [-0.15, -0.1) is 0 Å². The van der Waals surface area contributed by atoms with E-state index in [1.807, 2.05) is 0 Å². The fraction of sp³-hybridized carbons (Fsp3) is 0.429. The van der Waals surface area contributed by atoms with Gasteiger partial charge < -0.3 is 5.73 Å². The largest absolute Gasteiger partial charge is 0.382 e. The van der Waals surface area contributed by atoms with Crippen molar-refractivity contribution < 1.29 is 8.42 Å². The summed E-state index contributed by atoms with van der Waals surface area (Å²) >= 11 is 0. The molecule has 1 aromatic rings. The normalized spacial score (nSPS) is 10.5. The molecule has 0 fully saturated rings. The van der Waals surface area contributed by atoms with Crippen LogP contribution in [0.5, 0.6) is 0 Å². The lowest BCUT2D eigenvalue weighted by atomic mass is 10.2. The average Bonchev–Trinajstić information content (AvgIpc) is 2.08. The van der Waals surface area contributed by atoms with Gasteiger partial charge in [-0.3, -0.25) is 4.98 Å². The summed E-state index contributed by atoms with van der Waals surface area (Å²) in [4.78, 5) is 7.83. The quantitative estimate of drug-likeness (QED) is 0.647. The Kier molecular flexibility index (Phi) is 3.63. The molecule has 5 nitrogen and oxygen atoms in total. The zero-order valence-electron chi connectivity index (χ0n) is 7.01. The summed E-state index contributed by atoms with van der Waals surface area (Å²) in [7, 11) is -2.30. The smallest absolute Gasteiger partial charge is 0.145 e. The summed E-state index contributed by atoms with van der Waals surface area (Å²) in [6.45, 7) is 0. The molecule has 0 radical (unpaired) electrons. The molecule has 2 N–H and O–H groups in total. The number of aromatic nitrogens is 2. The second kappa shape index (κ2) is 4.76. The van der Waals surface area contributed by atoms with Crippen molar-refractivity contribution in [3.8, 4) is 0 Å². The van der Waals surface area contributed by atoms with Gasteiger partial charge in [0.25, 0.3) is 0 Å². The van der Waals surface area contributed by atoms with Crippen molar-refractivity contribution in [1.82, 2.24) is 9.97 Å². The van der Waals surface area contributed by atoms with Crippen molar-refractivity contribution in [2.75, 3.05) is 11.5 Å². The Morgan fingerprint density at radius 2 is 2.00 bits per heavy atom. The van der Waals surface area contributed by atoms with E-state index in [2.05, 4.69) is 9.97 Å². The highest BCUT2D eigenvalue weighted by Gasteiger charge is 2.00. The number of nitrogens with two attached hydrogens (primary N) is 1. The fourth-order valence-electron chi connectivity index (χ4n) is 0.946. The Bertz CT molecular complexity index is 343. The lowest BCUT2D eigenvalue weighted by Gasteiger charge is -2.00. The van der Waals surface area contributed by atoms with E-state index >= 15 is 0 Å². The summed E-state index contributed by atoms with van der Waals surface area (Å²) in [6.07, 6.45) is 4.15. The van der Waals surface area contributed by atoms with Gasteiger partial charge in [-0.2, -0.15) is 0 Å². The highest BCUT2D eigenvalue weighted by atomic mass is 32.2. The summed E-state index contributed by atoms with van der Waals surface area (Å²) in [5.41, 5.74) is 6.18. The molecule has 0 aromatic carbocycles. The van der Waals surface area contributed by atoms with Crippen LogP contribution in [0.1, 0.15) is 12.1 Å². The van der Waals surface area contributed by atoms with Gasteiger partial charge in [0, 0.05) is 18.1 Å². The fourth-order valence-corrected chi connectivity index (χ4v) is 1.36. The van der Waals surface area contributed by atoms with Crippen LogP contribution in [-0.2, 0) is 17.1 Å².